The number of hydrogen-bond acceptors (Lipinski definition) is 7. The quantitative estimate of drug-likeness (QED) is 0.197. The van der Waals surface area contributed by atoms with Crippen molar-refractivity contribution in [2.24, 2.45) is 10.7 Å². The summed E-state index contributed by atoms with van der Waals surface area (Å²) in [6, 6.07) is 4.64. The van der Waals surface area contributed by atoms with E-state index in [1.807, 2.05) is 13.8 Å². The molecule has 1 amide bonds. The first-order valence-electron chi connectivity index (χ1n) is 8.49. The number of nitrogen functional groups attached to an aromatic ring is 2. The molecule has 0 saturated carbocycles. The fourth-order valence-corrected chi connectivity index (χ4v) is 2.96. The average Bonchev–Trinajstić information content (AvgIpc) is 2.61. The molecule has 2 aromatic carbocycles. The van der Waals surface area contributed by atoms with Crippen LogP contribution in [0.15, 0.2) is 23.2 Å². The van der Waals surface area contributed by atoms with E-state index in [1.54, 1.807) is 12.1 Å². The third-order valence-corrected chi connectivity index (χ3v) is 4.42. The molecule has 0 aliphatic carbocycles. The molecule has 1 unspecified atom stereocenters. The number of phenolic OH excluding ortho intramolecular Hbond substituents is 3. The minimum Gasteiger partial charge on any atom is -0.505 e. The Hall–Kier alpha value is -3.42. The van der Waals surface area contributed by atoms with Crippen LogP contribution in [0.3, 0.4) is 0 Å². The SMILES string of the molecule is CCCC(C)c1c(O)c(N)c(N=Cc2cccc(C(N)=O)c2N)c(O)c1O. The van der Waals surface area contributed by atoms with E-state index in [4.69, 9.17) is 17.2 Å². The summed E-state index contributed by atoms with van der Waals surface area (Å²) in [7, 11) is 0. The Balaban J connectivity index is 2.54. The molecular formula is C19H24N4O4. The van der Waals surface area contributed by atoms with E-state index in [0.29, 0.717) is 12.0 Å². The lowest BCUT2D eigenvalue weighted by Gasteiger charge is -2.18. The Kier molecular flexibility index (Phi) is 5.79. The van der Waals surface area contributed by atoms with Crippen LogP contribution in [0.4, 0.5) is 17.1 Å². The number of nitrogens with zero attached hydrogens (tertiary/aromatic N) is 1. The number of carbonyl (C=O) groups is 1. The Bertz CT molecular complexity index is 880. The monoisotopic (exact) mass is 372 g/mol. The van der Waals surface area contributed by atoms with Gasteiger partial charge in [0.25, 0.3) is 5.91 Å². The van der Waals surface area contributed by atoms with E-state index in [2.05, 4.69) is 4.99 Å². The number of benzene rings is 2. The number of rotatable bonds is 6. The van der Waals surface area contributed by atoms with Crippen LogP contribution < -0.4 is 17.2 Å². The van der Waals surface area contributed by atoms with Crippen molar-refractivity contribution in [1.29, 1.82) is 0 Å². The number of aliphatic imine (C=N–C) groups is 1. The van der Waals surface area contributed by atoms with Gasteiger partial charge in [-0.15, -0.1) is 0 Å². The van der Waals surface area contributed by atoms with Crippen LogP contribution in [-0.2, 0) is 0 Å². The third-order valence-electron chi connectivity index (χ3n) is 4.42. The second-order valence-electron chi connectivity index (χ2n) is 6.34. The van der Waals surface area contributed by atoms with E-state index in [9.17, 15) is 20.1 Å². The first-order valence-corrected chi connectivity index (χ1v) is 8.49. The van der Waals surface area contributed by atoms with Crippen LogP contribution in [-0.4, -0.2) is 27.4 Å². The molecule has 144 valence electrons. The zero-order valence-electron chi connectivity index (χ0n) is 15.2. The largest absolute Gasteiger partial charge is 0.505 e. The molecule has 2 aromatic rings. The lowest BCUT2D eigenvalue weighted by atomic mass is 9.93. The third kappa shape index (κ3) is 3.74. The molecule has 9 N–H and O–H groups in total. The van der Waals surface area contributed by atoms with Crippen molar-refractivity contribution in [3.8, 4) is 17.2 Å². The molecule has 0 saturated heterocycles. The minimum absolute atomic E-state index is 0.119. The van der Waals surface area contributed by atoms with E-state index >= 15 is 0 Å². The van der Waals surface area contributed by atoms with Crippen molar-refractivity contribution in [1.82, 2.24) is 0 Å². The van der Waals surface area contributed by atoms with Gasteiger partial charge in [0.05, 0.1) is 11.3 Å². The lowest BCUT2D eigenvalue weighted by Crippen LogP contribution is -2.14. The summed E-state index contributed by atoms with van der Waals surface area (Å²) in [5.74, 6) is -2.21. The van der Waals surface area contributed by atoms with Gasteiger partial charge in [-0.2, -0.15) is 0 Å². The number of nitrogens with two attached hydrogens (primary N) is 3. The molecule has 0 spiro atoms. The van der Waals surface area contributed by atoms with Gasteiger partial charge in [-0.1, -0.05) is 32.4 Å². The maximum atomic E-state index is 11.4. The number of para-hydroxylation sites is 1. The highest BCUT2D eigenvalue weighted by atomic mass is 16.3. The van der Waals surface area contributed by atoms with Gasteiger partial charge < -0.3 is 32.5 Å². The number of anilines is 2. The molecule has 8 nitrogen and oxygen atoms in total. The summed E-state index contributed by atoms with van der Waals surface area (Å²) < 4.78 is 0. The predicted molar refractivity (Wildman–Crippen MR) is 106 cm³/mol. The van der Waals surface area contributed by atoms with Gasteiger partial charge >= 0.3 is 0 Å². The van der Waals surface area contributed by atoms with Crippen molar-refractivity contribution in [3.63, 3.8) is 0 Å². The van der Waals surface area contributed by atoms with Gasteiger partial charge in [-0.25, -0.2) is 4.99 Å². The summed E-state index contributed by atoms with van der Waals surface area (Å²) in [6.07, 6.45) is 2.79. The van der Waals surface area contributed by atoms with Crippen molar-refractivity contribution in [2.45, 2.75) is 32.6 Å². The van der Waals surface area contributed by atoms with Crippen molar-refractivity contribution in [3.05, 3.63) is 34.9 Å². The van der Waals surface area contributed by atoms with Gasteiger partial charge in [0.2, 0.25) is 0 Å². The molecule has 27 heavy (non-hydrogen) atoms. The van der Waals surface area contributed by atoms with Gasteiger partial charge in [0.1, 0.15) is 17.1 Å². The molecule has 8 heteroatoms. The zero-order valence-corrected chi connectivity index (χ0v) is 15.2. The number of amides is 1. The number of phenols is 3. The van der Waals surface area contributed by atoms with Gasteiger partial charge in [-0.3, -0.25) is 4.79 Å². The molecule has 0 aliphatic rings. The van der Waals surface area contributed by atoms with E-state index in [-0.39, 0.29) is 39.9 Å². The second-order valence-corrected chi connectivity index (χ2v) is 6.34. The van der Waals surface area contributed by atoms with Crippen LogP contribution in [0.2, 0.25) is 0 Å². The van der Waals surface area contributed by atoms with E-state index in [1.165, 1.54) is 12.3 Å². The molecule has 2 rings (SSSR count). The van der Waals surface area contributed by atoms with Crippen molar-refractivity contribution in [2.75, 3.05) is 11.5 Å². The molecule has 0 aromatic heterocycles. The van der Waals surface area contributed by atoms with Crippen LogP contribution in [0.1, 0.15) is 54.1 Å². The van der Waals surface area contributed by atoms with Crippen LogP contribution in [0.5, 0.6) is 17.2 Å². The summed E-state index contributed by atoms with van der Waals surface area (Å²) in [5.41, 5.74) is 17.5. The highest BCUT2D eigenvalue weighted by molar-refractivity contribution is 6.03. The lowest BCUT2D eigenvalue weighted by molar-refractivity contribution is 0.100. The van der Waals surface area contributed by atoms with Crippen LogP contribution in [0.25, 0.3) is 0 Å². The molecule has 0 radical (unpaired) electrons. The Labute approximate surface area is 157 Å². The van der Waals surface area contributed by atoms with Gasteiger partial charge in [0, 0.05) is 17.3 Å². The molecule has 0 heterocycles. The van der Waals surface area contributed by atoms with Gasteiger partial charge in [0.15, 0.2) is 11.5 Å². The molecule has 0 aliphatic heterocycles. The molecule has 0 fully saturated rings. The highest BCUT2D eigenvalue weighted by Crippen LogP contribution is 2.52. The maximum Gasteiger partial charge on any atom is 0.250 e. The topological polar surface area (TPSA) is 168 Å². The number of carbonyl (C=O) groups excluding carboxylic acids is 1. The Morgan fingerprint density at radius 2 is 1.81 bits per heavy atom. The van der Waals surface area contributed by atoms with Crippen LogP contribution >= 0.6 is 0 Å². The molecule has 0 bridgehead atoms. The van der Waals surface area contributed by atoms with Gasteiger partial charge in [-0.05, 0) is 18.4 Å². The smallest absolute Gasteiger partial charge is 0.250 e. The second kappa shape index (κ2) is 7.86. The first kappa shape index (κ1) is 19.9. The average molecular weight is 372 g/mol. The summed E-state index contributed by atoms with van der Waals surface area (Å²) in [6.45, 7) is 3.78. The van der Waals surface area contributed by atoms with E-state index < -0.39 is 17.4 Å². The zero-order chi connectivity index (χ0) is 20.3. The number of aromatic hydroxyl groups is 3. The highest BCUT2D eigenvalue weighted by Gasteiger charge is 2.25. The summed E-state index contributed by atoms with van der Waals surface area (Å²) in [5, 5.41) is 31.0. The first-order chi connectivity index (χ1) is 12.7. The Morgan fingerprint density at radius 3 is 2.41 bits per heavy atom. The molecule has 1 atom stereocenters. The van der Waals surface area contributed by atoms with Crippen LogP contribution in [0, 0.1) is 0 Å². The normalized spacial score (nSPS) is 12.4. The minimum atomic E-state index is -0.685. The van der Waals surface area contributed by atoms with Crippen molar-refractivity contribution >= 4 is 29.2 Å². The summed E-state index contributed by atoms with van der Waals surface area (Å²) >= 11 is 0. The predicted octanol–water partition coefficient (Wildman–Crippen LogP) is 2.72. The molecular weight excluding hydrogens is 348 g/mol. The van der Waals surface area contributed by atoms with E-state index in [0.717, 1.165) is 6.42 Å². The maximum absolute atomic E-state index is 11.4. The fraction of sp³-hybridized carbons (Fsp3) is 0.263. The van der Waals surface area contributed by atoms with Crippen molar-refractivity contribution < 1.29 is 20.1 Å². The fourth-order valence-electron chi connectivity index (χ4n) is 2.96. The summed E-state index contributed by atoms with van der Waals surface area (Å²) in [4.78, 5) is 15.4. The number of primary amides is 1. The standard InChI is InChI=1S/C19H24N4O4/c1-3-5-9(2)12-16(24)14(21)15(18(26)17(12)25)23-8-10-6-4-7-11(13(10)20)19(22)27/h4,6-9,24-26H,3,5,20-21H2,1-2H3,(H2,22,27). The Morgan fingerprint density at radius 1 is 1.15 bits per heavy atom. The number of hydrogen-bond donors (Lipinski definition) is 6.